The summed E-state index contributed by atoms with van der Waals surface area (Å²) in [6, 6.07) is 9.42. The summed E-state index contributed by atoms with van der Waals surface area (Å²) in [6.07, 6.45) is 0.464. The summed E-state index contributed by atoms with van der Waals surface area (Å²) >= 11 is 1.57. The highest BCUT2D eigenvalue weighted by Crippen LogP contribution is 2.30. The van der Waals surface area contributed by atoms with E-state index in [0.29, 0.717) is 37.0 Å². The van der Waals surface area contributed by atoms with Gasteiger partial charge in [0.25, 0.3) is 0 Å². The van der Waals surface area contributed by atoms with Gasteiger partial charge in [-0.1, -0.05) is 17.3 Å². The molecule has 26 heavy (non-hydrogen) atoms. The third-order valence-electron chi connectivity index (χ3n) is 3.91. The highest BCUT2D eigenvalue weighted by molar-refractivity contribution is 7.08. The van der Waals surface area contributed by atoms with E-state index in [1.807, 2.05) is 41.1 Å². The lowest BCUT2D eigenvalue weighted by Crippen LogP contribution is -2.40. The quantitative estimate of drug-likeness (QED) is 0.717. The van der Waals surface area contributed by atoms with Crippen molar-refractivity contribution in [2.75, 3.05) is 13.2 Å². The van der Waals surface area contributed by atoms with Crippen molar-refractivity contribution < 1.29 is 18.8 Å². The molecule has 0 spiro atoms. The molecular formula is C18H17N3O4S. The number of thiophene rings is 1. The van der Waals surface area contributed by atoms with Crippen LogP contribution in [0.3, 0.4) is 0 Å². The van der Waals surface area contributed by atoms with Gasteiger partial charge in [-0.15, -0.1) is 0 Å². The normalized spacial score (nSPS) is 15.6. The first-order valence-corrected chi connectivity index (χ1v) is 9.22. The van der Waals surface area contributed by atoms with E-state index in [1.54, 1.807) is 11.3 Å². The Morgan fingerprint density at radius 2 is 2.15 bits per heavy atom. The molecule has 0 fully saturated rings. The molecule has 4 rings (SSSR count). The van der Waals surface area contributed by atoms with Gasteiger partial charge in [0.15, 0.2) is 11.5 Å². The Bertz CT molecular complexity index is 878. The number of aromatic nitrogens is 2. The van der Waals surface area contributed by atoms with Crippen molar-refractivity contribution in [3.63, 3.8) is 0 Å². The number of carbonyl (C=O) groups excluding carboxylic acids is 1. The van der Waals surface area contributed by atoms with Crippen LogP contribution >= 0.6 is 11.3 Å². The highest BCUT2D eigenvalue weighted by Gasteiger charge is 2.21. The van der Waals surface area contributed by atoms with Gasteiger partial charge in [0.2, 0.25) is 17.6 Å². The fourth-order valence-electron chi connectivity index (χ4n) is 2.57. The Hall–Kier alpha value is -2.87. The molecular weight excluding hydrogens is 354 g/mol. The molecule has 0 bridgehead atoms. The number of amides is 1. The second-order valence-corrected chi connectivity index (χ2v) is 6.61. The van der Waals surface area contributed by atoms with Crippen LogP contribution in [0.2, 0.25) is 0 Å². The summed E-state index contributed by atoms with van der Waals surface area (Å²) in [7, 11) is 0. The molecule has 1 amide bonds. The third-order valence-corrected chi connectivity index (χ3v) is 4.59. The minimum Gasteiger partial charge on any atom is -0.486 e. The Labute approximate surface area is 153 Å². The van der Waals surface area contributed by atoms with Crippen molar-refractivity contribution in [2.24, 2.45) is 0 Å². The molecule has 0 unspecified atom stereocenters. The van der Waals surface area contributed by atoms with Crippen LogP contribution in [0.5, 0.6) is 11.5 Å². The van der Waals surface area contributed by atoms with E-state index in [4.69, 9.17) is 14.0 Å². The number of para-hydroxylation sites is 2. The van der Waals surface area contributed by atoms with E-state index in [-0.39, 0.29) is 18.4 Å². The first-order valence-electron chi connectivity index (χ1n) is 8.28. The Morgan fingerprint density at radius 1 is 1.27 bits per heavy atom. The van der Waals surface area contributed by atoms with Crippen molar-refractivity contribution in [1.29, 1.82) is 0 Å². The molecule has 3 heterocycles. The number of nitrogens with one attached hydrogen (secondary N) is 1. The van der Waals surface area contributed by atoms with E-state index in [1.165, 1.54) is 0 Å². The van der Waals surface area contributed by atoms with Gasteiger partial charge < -0.3 is 19.3 Å². The number of rotatable bonds is 6. The smallest absolute Gasteiger partial charge is 0.227 e. The minimum atomic E-state index is -0.206. The average molecular weight is 371 g/mol. The fraction of sp³-hybridized carbons (Fsp3) is 0.278. The summed E-state index contributed by atoms with van der Waals surface area (Å²) in [4.78, 5) is 16.3. The van der Waals surface area contributed by atoms with Gasteiger partial charge in [0, 0.05) is 23.8 Å². The number of aryl methyl sites for hydroxylation is 1. The number of nitrogens with zero attached hydrogens (tertiary/aromatic N) is 2. The molecule has 1 aliphatic rings. The molecule has 1 atom stereocenters. The van der Waals surface area contributed by atoms with Crippen molar-refractivity contribution in [3.05, 3.63) is 47.0 Å². The van der Waals surface area contributed by atoms with Crippen molar-refractivity contribution >= 4 is 17.2 Å². The van der Waals surface area contributed by atoms with Crippen LogP contribution in [0.25, 0.3) is 11.4 Å². The van der Waals surface area contributed by atoms with Crippen LogP contribution in [0.4, 0.5) is 0 Å². The van der Waals surface area contributed by atoms with E-state index in [0.717, 1.165) is 11.3 Å². The predicted octanol–water partition coefficient (Wildman–Crippen LogP) is 2.69. The maximum absolute atomic E-state index is 12.0. The van der Waals surface area contributed by atoms with Crippen LogP contribution < -0.4 is 14.8 Å². The molecule has 134 valence electrons. The maximum atomic E-state index is 12.0. The summed E-state index contributed by atoms with van der Waals surface area (Å²) in [5, 5.41) is 10.7. The van der Waals surface area contributed by atoms with Gasteiger partial charge in [0.1, 0.15) is 12.7 Å². The van der Waals surface area contributed by atoms with Crippen LogP contribution in [0.15, 0.2) is 45.6 Å². The zero-order chi connectivity index (χ0) is 17.8. The summed E-state index contributed by atoms with van der Waals surface area (Å²) < 4.78 is 16.6. The molecule has 1 N–H and O–H groups in total. The van der Waals surface area contributed by atoms with Gasteiger partial charge in [0.05, 0.1) is 6.54 Å². The molecule has 0 saturated heterocycles. The molecule has 2 aromatic heterocycles. The third kappa shape index (κ3) is 3.85. The van der Waals surface area contributed by atoms with Crippen LogP contribution in [-0.2, 0) is 11.2 Å². The van der Waals surface area contributed by atoms with Gasteiger partial charge in [-0.3, -0.25) is 4.79 Å². The van der Waals surface area contributed by atoms with Crippen LogP contribution in [-0.4, -0.2) is 35.3 Å². The maximum Gasteiger partial charge on any atom is 0.227 e. The van der Waals surface area contributed by atoms with Gasteiger partial charge in [-0.2, -0.15) is 16.3 Å². The lowest BCUT2D eigenvalue weighted by molar-refractivity contribution is -0.121. The second-order valence-electron chi connectivity index (χ2n) is 5.83. The SMILES string of the molecule is O=C(CCc1nc(-c2ccsc2)no1)NC[C@H]1COc2ccccc2O1. The molecule has 3 aromatic rings. The summed E-state index contributed by atoms with van der Waals surface area (Å²) in [5.74, 6) is 2.33. The first-order chi connectivity index (χ1) is 12.8. The van der Waals surface area contributed by atoms with Gasteiger partial charge in [-0.25, -0.2) is 0 Å². The van der Waals surface area contributed by atoms with Crippen molar-refractivity contribution in [2.45, 2.75) is 18.9 Å². The second kappa shape index (κ2) is 7.57. The number of fused-ring (bicyclic) bond motifs is 1. The standard InChI is InChI=1S/C18H17N3O4S/c22-16(5-6-17-20-18(21-25-17)12-7-8-26-11-12)19-9-13-10-23-14-3-1-2-4-15(14)24-13/h1-4,7-8,11,13H,5-6,9-10H2,(H,19,22)/t13-/m0/s1. The molecule has 7 nitrogen and oxygen atoms in total. The molecule has 0 radical (unpaired) electrons. The van der Waals surface area contributed by atoms with E-state index < -0.39 is 0 Å². The average Bonchev–Trinajstić information content (AvgIpc) is 3.36. The monoisotopic (exact) mass is 371 g/mol. The number of benzene rings is 1. The zero-order valence-electron chi connectivity index (χ0n) is 13.9. The predicted molar refractivity (Wildman–Crippen MR) is 95.3 cm³/mol. The Balaban J connectivity index is 1.23. The summed E-state index contributed by atoms with van der Waals surface area (Å²) in [6.45, 7) is 0.794. The molecule has 0 saturated carbocycles. The van der Waals surface area contributed by atoms with E-state index >= 15 is 0 Å². The minimum absolute atomic E-state index is 0.0947. The number of carbonyl (C=O) groups is 1. The van der Waals surface area contributed by atoms with Crippen LogP contribution in [0.1, 0.15) is 12.3 Å². The van der Waals surface area contributed by atoms with E-state index in [2.05, 4.69) is 15.5 Å². The molecule has 8 heteroatoms. The summed E-state index contributed by atoms with van der Waals surface area (Å²) in [5.41, 5.74) is 0.921. The highest BCUT2D eigenvalue weighted by atomic mass is 32.1. The first kappa shape index (κ1) is 16.6. The fourth-order valence-corrected chi connectivity index (χ4v) is 3.20. The number of hydrogen-bond acceptors (Lipinski definition) is 7. The van der Waals surface area contributed by atoms with E-state index in [9.17, 15) is 4.79 Å². The molecule has 1 aliphatic heterocycles. The number of hydrogen-bond donors (Lipinski definition) is 1. The van der Waals surface area contributed by atoms with Crippen LogP contribution in [0, 0.1) is 0 Å². The van der Waals surface area contributed by atoms with Crippen molar-refractivity contribution in [1.82, 2.24) is 15.5 Å². The zero-order valence-corrected chi connectivity index (χ0v) is 14.7. The lowest BCUT2D eigenvalue weighted by Gasteiger charge is -2.26. The van der Waals surface area contributed by atoms with Crippen molar-refractivity contribution in [3.8, 4) is 22.9 Å². The van der Waals surface area contributed by atoms with Gasteiger partial charge in [-0.05, 0) is 23.6 Å². The number of ether oxygens (including phenoxy) is 2. The van der Waals surface area contributed by atoms with Gasteiger partial charge >= 0.3 is 0 Å². The molecule has 1 aromatic carbocycles. The molecule has 0 aliphatic carbocycles. The lowest BCUT2D eigenvalue weighted by atomic mass is 10.2. The largest absolute Gasteiger partial charge is 0.486 e. The Kier molecular flexibility index (Phi) is 4.83. The topological polar surface area (TPSA) is 86.5 Å². The Morgan fingerprint density at radius 3 is 3.00 bits per heavy atom.